The molecule has 0 aliphatic carbocycles. The summed E-state index contributed by atoms with van der Waals surface area (Å²) < 4.78 is 13.3. The molecule has 1 fully saturated rings. The predicted octanol–water partition coefficient (Wildman–Crippen LogP) is 1.85. The summed E-state index contributed by atoms with van der Waals surface area (Å²) in [5, 5.41) is 0. The summed E-state index contributed by atoms with van der Waals surface area (Å²) in [6, 6.07) is 0. The van der Waals surface area contributed by atoms with Gasteiger partial charge in [0.1, 0.15) is 6.17 Å². The average molecular weight is 187 g/mol. The largest absolute Gasteiger partial charge is 0.340 e. The van der Waals surface area contributed by atoms with Gasteiger partial charge in [0, 0.05) is 12.5 Å². The molecule has 2 atom stereocenters. The van der Waals surface area contributed by atoms with E-state index in [1.165, 1.54) is 0 Å². The Labute approximate surface area is 79.1 Å². The summed E-state index contributed by atoms with van der Waals surface area (Å²) in [6.07, 6.45) is -0.0453. The third kappa shape index (κ3) is 2.42. The molecule has 0 N–H and O–H groups in total. The Hall–Kier alpha value is -0.600. The molecule has 0 radical (unpaired) electrons. The lowest BCUT2D eigenvalue weighted by Crippen LogP contribution is -2.45. The van der Waals surface area contributed by atoms with E-state index in [9.17, 15) is 9.18 Å². The van der Waals surface area contributed by atoms with Gasteiger partial charge in [-0.25, -0.2) is 4.39 Å². The number of alkyl halides is 1. The molecule has 1 aliphatic heterocycles. The molecule has 2 nitrogen and oxygen atoms in total. The number of likely N-dealkylation sites (tertiary alicyclic amines) is 1. The quantitative estimate of drug-likeness (QED) is 0.613. The van der Waals surface area contributed by atoms with Crippen LogP contribution in [0.15, 0.2) is 0 Å². The van der Waals surface area contributed by atoms with Gasteiger partial charge in [-0.15, -0.1) is 0 Å². The second-order valence-corrected chi connectivity index (χ2v) is 4.22. The molecule has 0 bridgehead atoms. The van der Waals surface area contributed by atoms with Crippen molar-refractivity contribution in [3.63, 3.8) is 0 Å². The Morgan fingerprint density at radius 2 is 2.15 bits per heavy atom. The van der Waals surface area contributed by atoms with E-state index in [1.807, 2.05) is 20.8 Å². The van der Waals surface area contributed by atoms with E-state index in [0.29, 0.717) is 0 Å². The van der Waals surface area contributed by atoms with Crippen molar-refractivity contribution in [3.8, 4) is 0 Å². The van der Waals surface area contributed by atoms with Crippen molar-refractivity contribution in [3.05, 3.63) is 0 Å². The number of carbonyl (C=O) groups excluding carboxylic acids is 1. The normalized spacial score (nSPS) is 29.5. The fourth-order valence-corrected chi connectivity index (χ4v) is 1.59. The second kappa shape index (κ2) is 4.07. The lowest BCUT2D eigenvalue weighted by Gasteiger charge is -2.34. The van der Waals surface area contributed by atoms with Gasteiger partial charge >= 0.3 is 0 Å². The van der Waals surface area contributed by atoms with Crippen molar-refractivity contribution in [1.29, 1.82) is 0 Å². The minimum absolute atomic E-state index is 0.0133. The SMILES string of the molecule is CC(C)C(=O)N1CCC(C)C(F)C1. The molecular weight excluding hydrogens is 169 g/mol. The zero-order valence-corrected chi connectivity index (χ0v) is 8.59. The average Bonchev–Trinajstić information content (AvgIpc) is 2.08. The van der Waals surface area contributed by atoms with E-state index in [2.05, 4.69) is 0 Å². The van der Waals surface area contributed by atoms with Crippen LogP contribution in [-0.4, -0.2) is 30.1 Å². The monoisotopic (exact) mass is 187 g/mol. The van der Waals surface area contributed by atoms with Gasteiger partial charge in [-0.2, -0.15) is 0 Å². The zero-order valence-electron chi connectivity index (χ0n) is 8.59. The Balaban J connectivity index is 2.50. The molecule has 1 aliphatic rings. The maximum atomic E-state index is 13.3. The minimum atomic E-state index is -0.837. The first-order valence-corrected chi connectivity index (χ1v) is 4.95. The third-order valence-corrected chi connectivity index (χ3v) is 2.67. The number of hydrogen-bond acceptors (Lipinski definition) is 1. The van der Waals surface area contributed by atoms with Crippen LogP contribution in [0.2, 0.25) is 0 Å². The zero-order chi connectivity index (χ0) is 10.0. The number of hydrogen-bond donors (Lipinski definition) is 0. The number of piperidine rings is 1. The van der Waals surface area contributed by atoms with Crippen molar-refractivity contribution in [1.82, 2.24) is 4.90 Å². The van der Waals surface area contributed by atoms with Gasteiger partial charge in [-0.05, 0) is 12.3 Å². The molecule has 0 aromatic heterocycles. The van der Waals surface area contributed by atoms with Crippen molar-refractivity contribution < 1.29 is 9.18 Å². The maximum absolute atomic E-state index is 13.3. The number of rotatable bonds is 1. The van der Waals surface area contributed by atoms with Gasteiger partial charge < -0.3 is 4.90 Å². The van der Waals surface area contributed by atoms with Gasteiger partial charge in [0.15, 0.2) is 0 Å². The molecule has 0 saturated carbocycles. The summed E-state index contributed by atoms with van der Waals surface area (Å²) in [4.78, 5) is 13.2. The summed E-state index contributed by atoms with van der Waals surface area (Å²) in [5.41, 5.74) is 0. The second-order valence-electron chi connectivity index (χ2n) is 4.22. The lowest BCUT2D eigenvalue weighted by molar-refractivity contribution is -0.137. The third-order valence-electron chi connectivity index (χ3n) is 2.67. The molecule has 1 heterocycles. The molecule has 0 spiro atoms. The Kier molecular flexibility index (Phi) is 3.28. The smallest absolute Gasteiger partial charge is 0.225 e. The highest BCUT2D eigenvalue weighted by molar-refractivity contribution is 5.78. The molecule has 2 unspecified atom stereocenters. The Morgan fingerprint density at radius 3 is 2.62 bits per heavy atom. The van der Waals surface area contributed by atoms with Crippen LogP contribution in [0, 0.1) is 11.8 Å². The van der Waals surface area contributed by atoms with Crippen LogP contribution in [0.4, 0.5) is 4.39 Å². The van der Waals surface area contributed by atoms with Crippen LogP contribution in [0.1, 0.15) is 27.2 Å². The van der Waals surface area contributed by atoms with Crippen molar-refractivity contribution >= 4 is 5.91 Å². The van der Waals surface area contributed by atoms with Crippen LogP contribution in [0.3, 0.4) is 0 Å². The van der Waals surface area contributed by atoms with Gasteiger partial charge in [0.2, 0.25) is 5.91 Å². The van der Waals surface area contributed by atoms with Crippen LogP contribution < -0.4 is 0 Å². The highest BCUT2D eigenvalue weighted by atomic mass is 19.1. The van der Waals surface area contributed by atoms with Crippen LogP contribution in [-0.2, 0) is 4.79 Å². The highest BCUT2D eigenvalue weighted by Crippen LogP contribution is 2.20. The number of carbonyl (C=O) groups is 1. The first kappa shape index (κ1) is 10.5. The maximum Gasteiger partial charge on any atom is 0.225 e. The first-order valence-electron chi connectivity index (χ1n) is 4.95. The molecule has 1 rings (SSSR count). The summed E-state index contributed by atoms with van der Waals surface area (Å²) in [6.45, 7) is 6.62. The lowest BCUT2D eigenvalue weighted by atomic mass is 9.96. The van der Waals surface area contributed by atoms with Crippen molar-refractivity contribution in [2.24, 2.45) is 11.8 Å². The van der Waals surface area contributed by atoms with Gasteiger partial charge in [0.05, 0.1) is 6.54 Å². The van der Waals surface area contributed by atoms with E-state index in [1.54, 1.807) is 4.90 Å². The minimum Gasteiger partial charge on any atom is -0.340 e. The van der Waals surface area contributed by atoms with E-state index in [4.69, 9.17) is 0 Å². The Bertz CT molecular complexity index is 193. The van der Waals surface area contributed by atoms with Crippen LogP contribution in [0.5, 0.6) is 0 Å². The molecule has 0 aromatic rings. The van der Waals surface area contributed by atoms with E-state index >= 15 is 0 Å². The Morgan fingerprint density at radius 1 is 1.54 bits per heavy atom. The predicted molar refractivity (Wildman–Crippen MR) is 50.1 cm³/mol. The van der Waals surface area contributed by atoms with Gasteiger partial charge in [-0.1, -0.05) is 20.8 Å². The van der Waals surface area contributed by atoms with Gasteiger partial charge in [-0.3, -0.25) is 4.79 Å². The molecule has 76 valence electrons. The van der Waals surface area contributed by atoms with E-state index < -0.39 is 6.17 Å². The number of nitrogens with zero attached hydrogens (tertiary/aromatic N) is 1. The molecular formula is C10H18FNO. The molecule has 0 aromatic carbocycles. The fraction of sp³-hybridized carbons (Fsp3) is 0.900. The molecule has 1 saturated heterocycles. The number of amides is 1. The summed E-state index contributed by atoms with van der Waals surface area (Å²) in [7, 11) is 0. The standard InChI is InChI=1S/C10H18FNO/c1-7(2)10(13)12-5-4-8(3)9(11)6-12/h7-9H,4-6H2,1-3H3. The van der Waals surface area contributed by atoms with Crippen LogP contribution in [0.25, 0.3) is 0 Å². The molecule has 13 heavy (non-hydrogen) atoms. The van der Waals surface area contributed by atoms with Crippen LogP contribution >= 0.6 is 0 Å². The van der Waals surface area contributed by atoms with Gasteiger partial charge in [0.25, 0.3) is 0 Å². The highest BCUT2D eigenvalue weighted by Gasteiger charge is 2.29. The topological polar surface area (TPSA) is 20.3 Å². The van der Waals surface area contributed by atoms with Crippen molar-refractivity contribution in [2.45, 2.75) is 33.4 Å². The van der Waals surface area contributed by atoms with E-state index in [0.717, 1.165) is 13.0 Å². The van der Waals surface area contributed by atoms with Crippen molar-refractivity contribution in [2.75, 3.05) is 13.1 Å². The molecule has 1 amide bonds. The summed E-state index contributed by atoms with van der Waals surface area (Å²) in [5.74, 6) is 0.173. The molecule has 3 heteroatoms. The van der Waals surface area contributed by atoms with E-state index in [-0.39, 0.29) is 24.3 Å². The fourth-order valence-electron chi connectivity index (χ4n) is 1.59. The summed E-state index contributed by atoms with van der Waals surface area (Å²) >= 11 is 0. The first-order chi connectivity index (χ1) is 6.02. The number of halogens is 1.